The van der Waals surface area contributed by atoms with Gasteiger partial charge in [0.2, 0.25) is 5.91 Å². The van der Waals surface area contributed by atoms with E-state index in [0.717, 1.165) is 31.2 Å². The summed E-state index contributed by atoms with van der Waals surface area (Å²) < 4.78 is 13.3. The van der Waals surface area contributed by atoms with Crippen LogP contribution < -0.4 is 10.6 Å². The van der Waals surface area contributed by atoms with Gasteiger partial charge in [-0.2, -0.15) is 0 Å². The summed E-state index contributed by atoms with van der Waals surface area (Å²) in [6, 6.07) is 14.4. The molecule has 5 nitrogen and oxygen atoms in total. The number of hydrogen-bond acceptors (Lipinski definition) is 2. The van der Waals surface area contributed by atoms with Crippen molar-refractivity contribution in [3.63, 3.8) is 0 Å². The molecule has 6 heteroatoms. The summed E-state index contributed by atoms with van der Waals surface area (Å²) in [6.45, 7) is 2.11. The molecule has 2 aromatic rings. The van der Waals surface area contributed by atoms with Gasteiger partial charge in [-0.25, -0.2) is 9.18 Å². The number of carbonyl (C=O) groups is 2. The highest BCUT2D eigenvalue weighted by atomic mass is 19.1. The van der Waals surface area contributed by atoms with Gasteiger partial charge in [-0.3, -0.25) is 4.79 Å². The minimum absolute atomic E-state index is 0.121. The van der Waals surface area contributed by atoms with E-state index in [9.17, 15) is 14.0 Å². The minimum atomic E-state index is -0.666. The van der Waals surface area contributed by atoms with Crippen molar-refractivity contribution in [2.45, 2.75) is 57.7 Å². The van der Waals surface area contributed by atoms with Gasteiger partial charge in [-0.15, -0.1) is 0 Å². The normalized spacial score (nSPS) is 15.4. The zero-order valence-corrected chi connectivity index (χ0v) is 16.7. The molecule has 0 radical (unpaired) electrons. The van der Waals surface area contributed by atoms with E-state index in [-0.39, 0.29) is 17.8 Å². The smallest absolute Gasteiger partial charge is 0.319 e. The lowest BCUT2D eigenvalue weighted by atomic mass is 9.93. The van der Waals surface area contributed by atoms with Crippen molar-refractivity contribution in [3.05, 3.63) is 66.0 Å². The summed E-state index contributed by atoms with van der Waals surface area (Å²) in [4.78, 5) is 27.3. The minimum Gasteiger partial charge on any atom is -0.334 e. The second-order valence-corrected chi connectivity index (χ2v) is 7.57. The molecule has 154 valence electrons. The van der Waals surface area contributed by atoms with Crippen molar-refractivity contribution in [3.8, 4) is 0 Å². The fourth-order valence-electron chi connectivity index (χ4n) is 3.76. The Morgan fingerprint density at radius 1 is 1.03 bits per heavy atom. The Balaban J connectivity index is 1.67. The molecule has 2 N–H and O–H groups in total. The van der Waals surface area contributed by atoms with E-state index in [1.807, 2.05) is 23.1 Å². The number of rotatable bonds is 6. The highest BCUT2D eigenvalue weighted by molar-refractivity contribution is 5.93. The van der Waals surface area contributed by atoms with E-state index >= 15 is 0 Å². The van der Waals surface area contributed by atoms with E-state index in [4.69, 9.17) is 0 Å². The Bertz CT molecular complexity index is 805. The number of halogens is 1. The van der Waals surface area contributed by atoms with Gasteiger partial charge in [0.05, 0.1) is 0 Å². The molecule has 1 atom stereocenters. The number of nitrogens with zero attached hydrogens (tertiary/aromatic N) is 1. The number of benzene rings is 2. The Kier molecular flexibility index (Phi) is 7.22. The summed E-state index contributed by atoms with van der Waals surface area (Å²) >= 11 is 0. The van der Waals surface area contributed by atoms with Gasteiger partial charge in [0.15, 0.2) is 0 Å². The summed E-state index contributed by atoms with van der Waals surface area (Å²) in [5.41, 5.74) is 1.55. The van der Waals surface area contributed by atoms with Crippen LogP contribution in [0.3, 0.4) is 0 Å². The molecular weight excluding hydrogens is 369 g/mol. The molecule has 0 aliphatic heterocycles. The lowest BCUT2D eigenvalue weighted by Gasteiger charge is -2.36. The van der Waals surface area contributed by atoms with Crippen molar-refractivity contribution in [2.75, 3.05) is 5.32 Å². The molecule has 0 saturated heterocycles. The number of nitrogens with one attached hydrogen (secondary N) is 2. The van der Waals surface area contributed by atoms with Crippen molar-refractivity contribution in [1.82, 2.24) is 10.2 Å². The zero-order chi connectivity index (χ0) is 20.6. The first-order valence-corrected chi connectivity index (χ1v) is 10.2. The third-order valence-electron chi connectivity index (χ3n) is 5.31. The molecule has 1 unspecified atom stereocenters. The van der Waals surface area contributed by atoms with E-state index in [1.165, 1.54) is 18.6 Å². The Morgan fingerprint density at radius 3 is 2.34 bits per heavy atom. The SMILES string of the molecule is CC(NC(=O)Nc1ccccc1)C(=O)N(Cc1ccc(F)cc1)C1CCCCC1. The van der Waals surface area contributed by atoms with Crippen LogP contribution in [-0.4, -0.2) is 28.9 Å². The van der Waals surface area contributed by atoms with Crippen LogP contribution in [-0.2, 0) is 11.3 Å². The van der Waals surface area contributed by atoms with Gasteiger partial charge in [0.1, 0.15) is 11.9 Å². The molecule has 29 heavy (non-hydrogen) atoms. The van der Waals surface area contributed by atoms with Crippen LogP contribution in [0.15, 0.2) is 54.6 Å². The molecular formula is C23H28FN3O2. The van der Waals surface area contributed by atoms with Crippen LogP contribution in [0.4, 0.5) is 14.9 Å². The number of carbonyl (C=O) groups excluding carboxylic acids is 2. The number of amides is 3. The number of para-hydroxylation sites is 1. The van der Waals surface area contributed by atoms with Crippen LogP contribution in [0, 0.1) is 5.82 Å². The van der Waals surface area contributed by atoms with Gasteiger partial charge in [0.25, 0.3) is 0 Å². The Labute approximate surface area is 171 Å². The van der Waals surface area contributed by atoms with Crippen molar-refractivity contribution < 1.29 is 14.0 Å². The number of anilines is 1. The lowest BCUT2D eigenvalue weighted by Crippen LogP contribution is -2.51. The van der Waals surface area contributed by atoms with E-state index in [2.05, 4.69) is 10.6 Å². The summed E-state index contributed by atoms with van der Waals surface area (Å²) in [5, 5.41) is 5.48. The molecule has 1 aliphatic rings. The molecule has 1 fully saturated rings. The molecule has 2 aromatic carbocycles. The third kappa shape index (κ3) is 6.04. The highest BCUT2D eigenvalue weighted by Gasteiger charge is 2.29. The maximum atomic E-state index is 13.3. The second-order valence-electron chi connectivity index (χ2n) is 7.57. The molecule has 3 amide bonds. The van der Waals surface area contributed by atoms with Gasteiger partial charge >= 0.3 is 6.03 Å². The first-order valence-electron chi connectivity index (χ1n) is 10.2. The predicted octanol–water partition coefficient (Wildman–Crippen LogP) is 4.70. The monoisotopic (exact) mass is 397 g/mol. The molecule has 0 spiro atoms. The quantitative estimate of drug-likeness (QED) is 0.742. The van der Waals surface area contributed by atoms with E-state index in [1.54, 1.807) is 31.2 Å². The summed E-state index contributed by atoms with van der Waals surface area (Å²) in [5.74, 6) is -0.415. The topological polar surface area (TPSA) is 61.4 Å². The largest absolute Gasteiger partial charge is 0.334 e. The molecule has 0 heterocycles. The molecule has 1 aliphatic carbocycles. The standard InChI is InChI=1S/C23H28FN3O2/c1-17(25-23(29)26-20-8-4-2-5-9-20)22(28)27(21-10-6-3-7-11-21)16-18-12-14-19(24)15-13-18/h2,4-5,8-9,12-15,17,21H,3,6-7,10-11,16H2,1H3,(H2,25,26,29). The van der Waals surface area contributed by atoms with E-state index < -0.39 is 12.1 Å². The summed E-state index contributed by atoms with van der Waals surface area (Å²) in [7, 11) is 0. The zero-order valence-electron chi connectivity index (χ0n) is 16.7. The van der Waals surface area contributed by atoms with Gasteiger partial charge in [-0.1, -0.05) is 49.6 Å². The number of hydrogen-bond donors (Lipinski definition) is 2. The fraction of sp³-hybridized carbons (Fsp3) is 0.391. The first kappa shape index (κ1) is 20.8. The van der Waals surface area contributed by atoms with Crippen LogP contribution in [0.25, 0.3) is 0 Å². The van der Waals surface area contributed by atoms with Crippen molar-refractivity contribution >= 4 is 17.6 Å². The third-order valence-corrected chi connectivity index (χ3v) is 5.31. The predicted molar refractivity (Wildman–Crippen MR) is 112 cm³/mol. The maximum absolute atomic E-state index is 13.3. The van der Waals surface area contributed by atoms with Crippen LogP contribution >= 0.6 is 0 Å². The van der Waals surface area contributed by atoms with Gasteiger partial charge in [-0.05, 0) is 49.6 Å². The molecule has 0 aromatic heterocycles. The van der Waals surface area contributed by atoms with Gasteiger partial charge in [0, 0.05) is 18.3 Å². The Hall–Kier alpha value is -2.89. The lowest BCUT2D eigenvalue weighted by molar-refractivity contribution is -0.136. The molecule has 0 bridgehead atoms. The van der Waals surface area contributed by atoms with Gasteiger partial charge < -0.3 is 15.5 Å². The molecule has 1 saturated carbocycles. The van der Waals surface area contributed by atoms with E-state index in [0.29, 0.717) is 12.2 Å². The highest BCUT2D eigenvalue weighted by Crippen LogP contribution is 2.25. The van der Waals surface area contributed by atoms with Crippen molar-refractivity contribution in [2.24, 2.45) is 0 Å². The summed E-state index contributed by atoms with van der Waals surface area (Å²) in [6.07, 6.45) is 5.27. The fourth-order valence-corrected chi connectivity index (χ4v) is 3.76. The second kappa shape index (κ2) is 10.0. The maximum Gasteiger partial charge on any atom is 0.319 e. The Morgan fingerprint density at radius 2 is 1.69 bits per heavy atom. The average molecular weight is 397 g/mol. The van der Waals surface area contributed by atoms with Crippen LogP contribution in [0.2, 0.25) is 0 Å². The number of urea groups is 1. The van der Waals surface area contributed by atoms with Crippen LogP contribution in [0.5, 0.6) is 0 Å². The van der Waals surface area contributed by atoms with Crippen LogP contribution in [0.1, 0.15) is 44.6 Å². The molecule has 3 rings (SSSR count). The first-order chi connectivity index (χ1) is 14.0. The van der Waals surface area contributed by atoms with Crippen molar-refractivity contribution in [1.29, 1.82) is 0 Å². The average Bonchev–Trinajstić information content (AvgIpc) is 2.74.